The van der Waals surface area contributed by atoms with Crippen molar-refractivity contribution >= 4 is 24.0 Å². The van der Waals surface area contributed by atoms with E-state index in [9.17, 15) is 27.6 Å². The summed E-state index contributed by atoms with van der Waals surface area (Å²) in [5.41, 5.74) is 2.19. The maximum Gasteiger partial charge on any atom is 0.389 e. The van der Waals surface area contributed by atoms with Gasteiger partial charge in [0.05, 0.1) is 12.8 Å². The van der Waals surface area contributed by atoms with Gasteiger partial charge >= 0.3 is 24.1 Å². The van der Waals surface area contributed by atoms with Crippen molar-refractivity contribution in [3.05, 3.63) is 53.6 Å². The molecule has 1 aliphatic carbocycles. The number of esters is 3. The molecule has 186 valence electrons. The zero-order valence-electron chi connectivity index (χ0n) is 19.1. The van der Waals surface area contributed by atoms with Gasteiger partial charge < -0.3 is 14.2 Å². The number of ether oxygens (including phenoxy) is 3. The highest BCUT2D eigenvalue weighted by Gasteiger charge is 2.30. The topological polar surface area (TPSA) is 78.9 Å². The molecule has 0 heterocycles. The summed E-state index contributed by atoms with van der Waals surface area (Å²) in [4.78, 5) is 34.6. The molecule has 1 aliphatic rings. The Morgan fingerprint density at radius 3 is 2.24 bits per heavy atom. The minimum Gasteiger partial charge on any atom is -0.462 e. The van der Waals surface area contributed by atoms with Crippen LogP contribution in [0, 0.1) is 0 Å². The van der Waals surface area contributed by atoms with Gasteiger partial charge in [0.1, 0.15) is 19.3 Å². The van der Waals surface area contributed by atoms with Crippen molar-refractivity contribution in [1.29, 1.82) is 0 Å². The summed E-state index contributed by atoms with van der Waals surface area (Å²) in [6.45, 7) is 4.87. The molecule has 0 spiro atoms. The lowest BCUT2D eigenvalue weighted by Crippen LogP contribution is -2.24. The zero-order valence-corrected chi connectivity index (χ0v) is 19.1. The Kier molecular flexibility index (Phi) is 10.3. The molecule has 0 saturated heterocycles. The summed E-state index contributed by atoms with van der Waals surface area (Å²) in [5.74, 6) is -1.63. The molecule has 1 aromatic carbocycles. The third kappa shape index (κ3) is 10.2. The quantitative estimate of drug-likeness (QED) is 0.196. The smallest absolute Gasteiger partial charge is 0.389 e. The first-order chi connectivity index (χ1) is 16.0. The second-order valence-corrected chi connectivity index (χ2v) is 8.16. The molecule has 9 heteroatoms. The van der Waals surface area contributed by atoms with E-state index in [0.717, 1.165) is 24.0 Å². The Bertz CT molecular complexity index is 881. The molecule has 1 aromatic rings. The van der Waals surface area contributed by atoms with Crippen molar-refractivity contribution in [3.8, 4) is 0 Å². The molecular weight excluding hydrogens is 453 g/mol. The summed E-state index contributed by atoms with van der Waals surface area (Å²) < 4.78 is 51.6. The van der Waals surface area contributed by atoms with E-state index in [2.05, 4.69) is 6.58 Å². The van der Waals surface area contributed by atoms with Gasteiger partial charge in [0.25, 0.3) is 0 Å². The van der Waals surface area contributed by atoms with Crippen molar-refractivity contribution in [3.63, 3.8) is 0 Å². The van der Waals surface area contributed by atoms with Crippen LogP contribution in [-0.2, 0) is 28.6 Å². The van der Waals surface area contributed by atoms with Gasteiger partial charge in [-0.2, -0.15) is 13.2 Å². The van der Waals surface area contributed by atoms with Crippen molar-refractivity contribution < 1.29 is 41.8 Å². The average molecular weight is 482 g/mol. The summed E-state index contributed by atoms with van der Waals surface area (Å²) in [7, 11) is 0. The fourth-order valence-electron chi connectivity index (χ4n) is 3.49. The second-order valence-electron chi connectivity index (χ2n) is 8.16. The SMILES string of the molecule is C=C(C)C(=O)OCCOC(=O)/C=C/c1ccc(C2CCC(OC(=O)CCC(F)(F)F)CC2)cc1. The van der Waals surface area contributed by atoms with Crippen LogP contribution in [0.2, 0.25) is 0 Å². The molecule has 0 aromatic heterocycles. The maximum absolute atomic E-state index is 12.2. The third-order valence-corrected chi connectivity index (χ3v) is 5.31. The lowest BCUT2D eigenvalue weighted by molar-refractivity contribution is -0.162. The van der Waals surface area contributed by atoms with E-state index in [4.69, 9.17) is 14.2 Å². The van der Waals surface area contributed by atoms with E-state index in [-0.39, 0.29) is 30.8 Å². The highest BCUT2D eigenvalue weighted by Crippen LogP contribution is 2.34. The largest absolute Gasteiger partial charge is 0.462 e. The monoisotopic (exact) mass is 482 g/mol. The Labute approximate surface area is 196 Å². The second kappa shape index (κ2) is 13.0. The Hall–Kier alpha value is -3.10. The van der Waals surface area contributed by atoms with E-state index in [0.29, 0.717) is 12.8 Å². The molecule has 0 atom stereocenters. The van der Waals surface area contributed by atoms with Crippen molar-refractivity contribution in [1.82, 2.24) is 0 Å². The molecule has 0 aliphatic heterocycles. The van der Waals surface area contributed by atoms with E-state index < -0.39 is 36.9 Å². The summed E-state index contributed by atoms with van der Waals surface area (Å²) >= 11 is 0. The van der Waals surface area contributed by atoms with E-state index in [1.165, 1.54) is 13.0 Å². The summed E-state index contributed by atoms with van der Waals surface area (Å²) in [5, 5.41) is 0. The molecule has 1 saturated carbocycles. The van der Waals surface area contributed by atoms with Crippen LogP contribution in [0.25, 0.3) is 6.08 Å². The first-order valence-corrected chi connectivity index (χ1v) is 11.1. The fourth-order valence-corrected chi connectivity index (χ4v) is 3.49. The molecule has 34 heavy (non-hydrogen) atoms. The number of carbonyl (C=O) groups is 3. The predicted octanol–water partition coefficient (Wildman–Crippen LogP) is 5.27. The number of rotatable bonds is 10. The van der Waals surface area contributed by atoms with Gasteiger partial charge in [-0.05, 0) is 55.7 Å². The Balaban J connectivity index is 1.71. The molecule has 2 rings (SSSR count). The van der Waals surface area contributed by atoms with Gasteiger partial charge in [-0.1, -0.05) is 30.8 Å². The molecular formula is C25H29F3O6. The molecule has 0 N–H and O–H groups in total. The van der Waals surface area contributed by atoms with Crippen LogP contribution < -0.4 is 0 Å². The highest BCUT2D eigenvalue weighted by atomic mass is 19.4. The minimum absolute atomic E-state index is 0.0467. The first-order valence-electron chi connectivity index (χ1n) is 11.1. The number of hydrogen-bond donors (Lipinski definition) is 0. The van der Waals surface area contributed by atoms with Crippen molar-refractivity contribution in [2.45, 2.75) is 63.6 Å². The highest BCUT2D eigenvalue weighted by molar-refractivity contribution is 5.87. The van der Waals surface area contributed by atoms with Crippen LogP contribution in [0.3, 0.4) is 0 Å². The molecule has 6 nitrogen and oxygen atoms in total. The van der Waals surface area contributed by atoms with Gasteiger partial charge in [0, 0.05) is 11.6 Å². The number of halogens is 3. The number of carbonyl (C=O) groups excluding carboxylic acids is 3. The van der Waals surface area contributed by atoms with Gasteiger partial charge in [-0.3, -0.25) is 4.79 Å². The Morgan fingerprint density at radius 1 is 1.03 bits per heavy atom. The lowest BCUT2D eigenvalue weighted by Gasteiger charge is -2.28. The lowest BCUT2D eigenvalue weighted by atomic mass is 9.82. The third-order valence-electron chi connectivity index (χ3n) is 5.31. The van der Waals surface area contributed by atoms with E-state index in [1.54, 1.807) is 6.08 Å². The molecule has 0 bridgehead atoms. The van der Waals surface area contributed by atoms with Crippen LogP contribution in [0.1, 0.15) is 62.5 Å². The number of alkyl halides is 3. The number of benzene rings is 1. The fraction of sp³-hybridized carbons (Fsp3) is 0.480. The average Bonchev–Trinajstić information content (AvgIpc) is 2.79. The van der Waals surface area contributed by atoms with Crippen LogP contribution >= 0.6 is 0 Å². The van der Waals surface area contributed by atoms with Crippen molar-refractivity contribution in [2.75, 3.05) is 13.2 Å². The van der Waals surface area contributed by atoms with Crippen LogP contribution in [-0.4, -0.2) is 43.4 Å². The normalized spacial score (nSPS) is 18.4. The van der Waals surface area contributed by atoms with E-state index in [1.807, 2.05) is 24.3 Å². The predicted molar refractivity (Wildman–Crippen MR) is 119 cm³/mol. The summed E-state index contributed by atoms with van der Waals surface area (Å²) in [6, 6.07) is 7.67. The molecule has 0 amide bonds. The summed E-state index contributed by atoms with van der Waals surface area (Å²) in [6.07, 6.45) is -0.844. The van der Waals surface area contributed by atoms with Gasteiger partial charge in [-0.15, -0.1) is 0 Å². The standard InChI is InChI=1S/C25H29F3O6/c1-17(2)24(31)33-16-15-32-22(29)12-5-18-3-6-19(7-4-18)20-8-10-21(11-9-20)34-23(30)13-14-25(26,27)28/h3-7,12,20-21H,1,8-11,13-16H2,2H3/b12-5+. The molecule has 0 unspecified atom stereocenters. The van der Waals surface area contributed by atoms with Gasteiger partial charge in [0.15, 0.2) is 0 Å². The van der Waals surface area contributed by atoms with Crippen molar-refractivity contribution in [2.24, 2.45) is 0 Å². The first kappa shape index (κ1) is 27.1. The van der Waals surface area contributed by atoms with Gasteiger partial charge in [0.2, 0.25) is 0 Å². The number of hydrogen-bond acceptors (Lipinski definition) is 6. The molecule has 0 radical (unpaired) electrons. The molecule has 1 fully saturated rings. The Morgan fingerprint density at radius 2 is 1.65 bits per heavy atom. The van der Waals surface area contributed by atoms with Gasteiger partial charge in [-0.25, -0.2) is 9.59 Å². The minimum atomic E-state index is -4.36. The van der Waals surface area contributed by atoms with Crippen LogP contribution in [0.5, 0.6) is 0 Å². The van der Waals surface area contributed by atoms with E-state index >= 15 is 0 Å². The van der Waals surface area contributed by atoms with Crippen LogP contribution in [0.4, 0.5) is 13.2 Å². The van der Waals surface area contributed by atoms with Crippen LogP contribution in [0.15, 0.2) is 42.5 Å². The zero-order chi connectivity index (χ0) is 25.1. The maximum atomic E-state index is 12.2.